The summed E-state index contributed by atoms with van der Waals surface area (Å²) in [7, 11) is 1.17. The van der Waals surface area contributed by atoms with Crippen LogP contribution >= 0.6 is 0 Å². The summed E-state index contributed by atoms with van der Waals surface area (Å²) >= 11 is 0. The van der Waals surface area contributed by atoms with Gasteiger partial charge < -0.3 is 19.3 Å². The molecule has 1 fully saturated rings. The van der Waals surface area contributed by atoms with E-state index in [0.29, 0.717) is 0 Å². The van der Waals surface area contributed by atoms with Crippen molar-refractivity contribution in [1.82, 2.24) is 0 Å². The molecule has 6 nitrogen and oxygen atoms in total. The highest BCUT2D eigenvalue weighted by Crippen LogP contribution is 2.37. The Morgan fingerprint density at radius 1 is 1.33 bits per heavy atom. The van der Waals surface area contributed by atoms with E-state index in [1.807, 2.05) is 0 Å². The highest BCUT2D eigenvalue weighted by Gasteiger charge is 2.59. The molecule has 0 saturated carbocycles. The SMILES string of the molecule is COC(=O)[C@]1(C)OC(C)(C)O[C@@H]1C(=O)O. The van der Waals surface area contributed by atoms with Crippen LogP contribution < -0.4 is 0 Å². The summed E-state index contributed by atoms with van der Waals surface area (Å²) in [5, 5.41) is 8.91. The molecule has 0 aliphatic carbocycles. The molecule has 1 rings (SSSR count). The van der Waals surface area contributed by atoms with Gasteiger partial charge in [0, 0.05) is 0 Å². The van der Waals surface area contributed by atoms with Crippen molar-refractivity contribution in [3.63, 3.8) is 0 Å². The van der Waals surface area contributed by atoms with Gasteiger partial charge in [0.05, 0.1) is 7.11 Å². The Hall–Kier alpha value is -1.14. The second-order valence-corrected chi connectivity index (χ2v) is 3.94. The Labute approximate surface area is 87.1 Å². The van der Waals surface area contributed by atoms with Crippen LogP contribution in [-0.4, -0.2) is 41.6 Å². The van der Waals surface area contributed by atoms with Crippen LogP contribution in [0.2, 0.25) is 0 Å². The summed E-state index contributed by atoms with van der Waals surface area (Å²) < 4.78 is 14.9. The topological polar surface area (TPSA) is 82.1 Å². The zero-order valence-electron chi connectivity index (χ0n) is 9.07. The van der Waals surface area contributed by atoms with Crippen molar-refractivity contribution in [2.24, 2.45) is 0 Å². The predicted molar refractivity (Wildman–Crippen MR) is 48.1 cm³/mol. The molecule has 0 amide bonds. The van der Waals surface area contributed by atoms with Crippen LogP contribution in [0.5, 0.6) is 0 Å². The molecule has 86 valence electrons. The number of carboxylic acids is 1. The molecule has 1 heterocycles. The lowest BCUT2D eigenvalue weighted by Gasteiger charge is -2.23. The van der Waals surface area contributed by atoms with Crippen LogP contribution in [0.1, 0.15) is 20.8 Å². The Kier molecular flexibility index (Phi) is 2.75. The normalized spacial score (nSPS) is 33.7. The van der Waals surface area contributed by atoms with E-state index in [2.05, 4.69) is 4.74 Å². The predicted octanol–water partition coefficient (Wildman–Crippen LogP) is 0.154. The number of carboxylic acid groups (broad SMARTS) is 1. The number of methoxy groups -OCH3 is 1. The average molecular weight is 218 g/mol. The van der Waals surface area contributed by atoms with Crippen LogP contribution in [0.25, 0.3) is 0 Å². The van der Waals surface area contributed by atoms with Gasteiger partial charge in [0.25, 0.3) is 0 Å². The molecular formula is C9H14O6. The monoisotopic (exact) mass is 218 g/mol. The third-order valence-electron chi connectivity index (χ3n) is 2.17. The van der Waals surface area contributed by atoms with E-state index in [4.69, 9.17) is 14.6 Å². The van der Waals surface area contributed by atoms with Gasteiger partial charge in [-0.25, -0.2) is 9.59 Å². The largest absolute Gasteiger partial charge is 0.479 e. The van der Waals surface area contributed by atoms with Crippen molar-refractivity contribution in [1.29, 1.82) is 0 Å². The maximum atomic E-state index is 11.4. The summed E-state index contributed by atoms with van der Waals surface area (Å²) in [6.45, 7) is 4.42. The van der Waals surface area contributed by atoms with E-state index in [9.17, 15) is 9.59 Å². The van der Waals surface area contributed by atoms with E-state index in [0.717, 1.165) is 0 Å². The van der Waals surface area contributed by atoms with Crippen molar-refractivity contribution < 1.29 is 28.9 Å². The first-order chi connectivity index (χ1) is 6.73. The van der Waals surface area contributed by atoms with E-state index in [1.165, 1.54) is 27.9 Å². The Balaban J connectivity index is 3.05. The second-order valence-electron chi connectivity index (χ2n) is 3.94. The fraction of sp³-hybridized carbons (Fsp3) is 0.778. The molecule has 15 heavy (non-hydrogen) atoms. The van der Waals surface area contributed by atoms with Crippen molar-refractivity contribution in [3.05, 3.63) is 0 Å². The number of hydrogen-bond acceptors (Lipinski definition) is 5. The lowest BCUT2D eigenvalue weighted by Crippen LogP contribution is -2.49. The second kappa shape index (κ2) is 3.46. The quantitative estimate of drug-likeness (QED) is 0.664. The molecule has 1 aliphatic heterocycles. The zero-order valence-corrected chi connectivity index (χ0v) is 9.07. The van der Waals surface area contributed by atoms with E-state index >= 15 is 0 Å². The minimum atomic E-state index is -1.61. The Bertz CT molecular complexity index is 297. The highest BCUT2D eigenvalue weighted by molar-refractivity contribution is 5.88. The zero-order chi connectivity index (χ0) is 11.9. The summed E-state index contributed by atoms with van der Waals surface area (Å²) in [5.41, 5.74) is -1.61. The molecule has 1 saturated heterocycles. The van der Waals surface area contributed by atoms with Gasteiger partial charge in [-0.3, -0.25) is 0 Å². The lowest BCUT2D eigenvalue weighted by molar-refractivity contribution is -0.184. The van der Waals surface area contributed by atoms with Crippen molar-refractivity contribution in [3.8, 4) is 0 Å². The minimum Gasteiger partial charge on any atom is -0.479 e. The number of carbonyl (C=O) groups is 2. The molecule has 1 aliphatic rings. The van der Waals surface area contributed by atoms with Crippen LogP contribution in [-0.2, 0) is 23.8 Å². The molecule has 1 N–H and O–H groups in total. The molecule has 0 aromatic carbocycles. The highest BCUT2D eigenvalue weighted by atomic mass is 16.8. The minimum absolute atomic E-state index is 0.763. The number of rotatable bonds is 2. The summed E-state index contributed by atoms with van der Waals surface area (Å²) in [6.07, 6.45) is -1.36. The third kappa shape index (κ3) is 1.95. The first-order valence-electron chi connectivity index (χ1n) is 4.42. The maximum Gasteiger partial charge on any atom is 0.341 e. The summed E-state index contributed by atoms with van der Waals surface area (Å²) in [4.78, 5) is 22.4. The number of carbonyl (C=O) groups excluding carboxylic acids is 1. The Morgan fingerprint density at radius 3 is 2.27 bits per heavy atom. The van der Waals surface area contributed by atoms with Gasteiger partial charge in [0.15, 0.2) is 11.9 Å². The van der Waals surface area contributed by atoms with Crippen LogP contribution in [0.4, 0.5) is 0 Å². The van der Waals surface area contributed by atoms with Gasteiger partial charge in [-0.15, -0.1) is 0 Å². The van der Waals surface area contributed by atoms with E-state index in [1.54, 1.807) is 0 Å². The molecular weight excluding hydrogens is 204 g/mol. The first kappa shape index (κ1) is 11.9. The lowest BCUT2D eigenvalue weighted by atomic mass is 10.00. The number of aliphatic carboxylic acids is 1. The smallest absolute Gasteiger partial charge is 0.341 e. The maximum absolute atomic E-state index is 11.4. The van der Waals surface area contributed by atoms with Crippen LogP contribution in [0.3, 0.4) is 0 Å². The summed E-state index contributed by atoms with van der Waals surface area (Å²) in [5.74, 6) is -3.14. The molecule has 0 radical (unpaired) electrons. The van der Waals surface area contributed by atoms with Gasteiger partial charge in [-0.05, 0) is 20.8 Å². The standard InChI is InChI=1S/C9H14O6/c1-8(2)14-5(6(10)11)9(3,15-8)7(12)13-4/h5H,1-4H3,(H,10,11)/t5-,9-/m1/s1. The molecule has 0 spiro atoms. The van der Waals surface area contributed by atoms with Gasteiger partial charge >= 0.3 is 11.9 Å². The fourth-order valence-electron chi connectivity index (χ4n) is 1.62. The van der Waals surface area contributed by atoms with Crippen molar-refractivity contribution in [2.75, 3.05) is 7.11 Å². The summed E-state index contributed by atoms with van der Waals surface area (Å²) in [6, 6.07) is 0. The molecule has 0 aromatic rings. The average Bonchev–Trinajstić information content (AvgIpc) is 2.36. The fourth-order valence-corrected chi connectivity index (χ4v) is 1.62. The number of ether oxygens (including phenoxy) is 3. The first-order valence-corrected chi connectivity index (χ1v) is 4.42. The molecule has 0 aromatic heterocycles. The van der Waals surface area contributed by atoms with Gasteiger partial charge in [0.1, 0.15) is 0 Å². The number of esters is 1. The van der Waals surface area contributed by atoms with Gasteiger partial charge in [0.2, 0.25) is 5.60 Å². The molecule has 2 atom stereocenters. The van der Waals surface area contributed by atoms with Crippen molar-refractivity contribution >= 4 is 11.9 Å². The Morgan fingerprint density at radius 2 is 1.87 bits per heavy atom. The number of hydrogen-bond donors (Lipinski definition) is 1. The van der Waals surface area contributed by atoms with Gasteiger partial charge in [-0.1, -0.05) is 0 Å². The van der Waals surface area contributed by atoms with E-state index < -0.39 is 29.4 Å². The molecule has 6 heteroatoms. The molecule has 0 bridgehead atoms. The third-order valence-corrected chi connectivity index (χ3v) is 2.17. The van der Waals surface area contributed by atoms with E-state index in [-0.39, 0.29) is 0 Å². The van der Waals surface area contributed by atoms with Crippen LogP contribution in [0, 0.1) is 0 Å². The molecule has 0 unspecified atom stereocenters. The van der Waals surface area contributed by atoms with Crippen LogP contribution in [0.15, 0.2) is 0 Å². The van der Waals surface area contributed by atoms with Gasteiger partial charge in [-0.2, -0.15) is 0 Å². The van der Waals surface area contributed by atoms with Crippen molar-refractivity contribution in [2.45, 2.75) is 38.3 Å².